The van der Waals surface area contributed by atoms with Gasteiger partial charge in [0.25, 0.3) is 5.79 Å². The number of hydrogen-bond donors (Lipinski definition) is 3. The number of aliphatic hydroxyl groups excluding tert-OH is 2. The first-order valence-corrected chi connectivity index (χ1v) is 17.5. The molecule has 0 fully saturated rings. The van der Waals surface area contributed by atoms with Crippen molar-refractivity contribution < 1.29 is 50.3 Å². The molecule has 0 aliphatic rings. The molecule has 3 N–H and O–H groups in total. The molecule has 192 valence electrons. The van der Waals surface area contributed by atoms with Crippen LogP contribution in [0.3, 0.4) is 0 Å². The van der Waals surface area contributed by atoms with Crippen molar-refractivity contribution in [1.29, 1.82) is 0 Å². The third-order valence-electron chi connectivity index (χ3n) is 6.04. The fraction of sp³-hybridized carbons (Fsp3) is 0.944. The first-order chi connectivity index (χ1) is 13.6. The molecule has 0 bridgehead atoms. The maximum absolute atomic E-state index is 15.2. The molecule has 0 saturated heterocycles. The zero-order valence-corrected chi connectivity index (χ0v) is 23.4. The molecule has 14 heteroatoms. The van der Waals surface area contributed by atoms with Crippen molar-refractivity contribution in [3.8, 4) is 0 Å². The fourth-order valence-electron chi connectivity index (χ4n) is 1.92. The minimum Gasteiger partial charge on any atom is -0.390 e. The summed E-state index contributed by atoms with van der Waals surface area (Å²) in [6.45, 7) is 16.5. The van der Waals surface area contributed by atoms with Crippen LogP contribution in [0.5, 0.6) is 0 Å². The Morgan fingerprint density at radius 2 is 1.28 bits per heavy atom. The molecule has 0 rings (SSSR count). The number of hydrogen-bond acceptors (Lipinski definition) is 9. The Bertz CT molecular complexity index is 789. The second-order valence-corrected chi connectivity index (χ2v) is 22.0. The van der Waals surface area contributed by atoms with E-state index in [1.165, 1.54) is 13.1 Å². The van der Waals surface area contributed by atoms with Crippen LogP contribution in [0.2, 0.25) is 36.3 Å². The van der Waals surface area contributed by atoms with E-state index in [0.29, 0.717) is 6.26 Å². The molecule has 0 aliphatic carbocycles. The van der Waals surface area contributed by atoms with Crippen LogP contribution in [0.1, 0.15) is 41.5 Å². The lowest BCUT2D eigenvalue weighted by molar-refractivity contribution is -0.340. The molecule has 0 amide bonds. The Labute approximate surface area is 191 Å². The number of rotatable bonds is 9. The summed E-state index contributed by atoms with van der Waals surface area (Å²) >= 11 is 0. The van der Waals surface area contributed by atoms with Gasteiger partial charge in [-0.05, 0) is 36.3 Å². The van der Waals surface area contributed by atoms with Gasteiger partial charge in [0, 0.05) is 0 Å². The van der Waals surface area contributed by atoms with Gasteiger partial charge in [0.15, 0.2) is 29.0 Å². The Morgan fingerprint density at radius 1 is 0.906 bits per heavy atom. The first kappa shape index (κ1) is 31.5. The van der Waals surface area contributed by atoms with Gasteiger partial charge in [-0.1, -0.05) is 41.5 Å². The molecular formula is C18H38F2O9SSi2. The Kier molecular flexibility index (Phi) is 9.14. The average Bonchev–Trinajstić information content (AvgIpc) is 2.48. The number of carbonyl (C=O) groups is 1. The number of halogens is 2. The van der Waals surface area contributed by atoms with Crippen molar-refractivity contribution in [1.82, 2.24) is 0 Å². The third-order valence-corrected chi connectivity index (χ3v) is 15.4. The highest BCUT2D eigenvalue weighted by Gasteiger charge is 2.69. The monoisotopic (exact) mass is 524 g/mol. The quantitative estimate of drug-likeness (QED) is 0.236. The van der Waals surface area contributed by atoms with Crippen molar-refractivity contribution in [2.24, 2.45) is 0 Å². The highest BCUT2D eigenvalue weighted by molar-refractivity contribution is 7.86. The molecule has 0 radical (unpaired) electrons. The van der Waals surface area contributed by atoms with E-state index in [-0.39, 0.29) is 0 Å². The molecule has 0 aliphatic heterocycles. The van der Waals surface area contributed by atoms with Crippen LogP contribution in [-0.4, -0.2) is 76.7 Å². The molecule has 0 saturated carbocycles. The summed E-state index contributed by atoms with van der Waals surface area (Å²) in [5.74, 6) is -11.8. The molecule has 0 aromatic heterocycles. The van der Waals surface area contributed by atoms with Gasteiger partial charge in [-0.25, -0.2) is 4.79 Å². The number of alkyl halides is 2. The third kappa shape index (κ3) is 7.01. The number of carbonyl (C=O) groups excluding carboxylic acids is 1. The van der Waals surface area contributed by atoms with E-state index in [9.17, 15) is 28.5 Å². The summed E-state index contributed by atoms with van der Waals surface area (Å²) in [7, 11) is -10.9. The predicted molar refractivity (Wildman–Crippen MR) is 119 cm³/mol. The van der Waals surface area contributed by atoms with E-state index in [1.54, 1.807) is 54.6 Å². The standard InChI is InChI=1S/C18H38F2O9SSi2/c1-15(2,3)31(8,9)28-13(22)12(21)18(24,29-32(10,11)16(4,5)6)17(19,20)14(23)27-30(7,25)26/h12-13,21-22,24H,1-11H3/t12-,13?,18+/m1/s1. The average molecular weight is 525 g/mol. The van der Waals surface area contributed by atoms with Gasteiger partial charge in [0.2, 0.25) is 0 Å². The van der Waals surface area contributed by atoms with Gasteiger partial charge >= 0.3 is 22.0 Å². The molecule has 9 nitrogen and oxygen atoms in total. The lowest BCUT2D eigenvalue weighted by Crippen LogP contribution is -2.70. The van der Waals surface area contributed by atoms with Crippen molar-refractivity contribution in [3.05, 3.63) is 0 Å². The Hall–Kier alpha value is -0.486. The van der Waals surface area contributed by atoms with Gasteiger partial charge < -0.3 is 28.4 Å². The molecule has 1 unspecified atom stereocenters. The summed E-state index contributed by atoms with van der Waals surface area (Å²) in [6.07, 6.45) is -4.88. The van der Waals surface area contributed by atoms with Crippen molar-refractivity contribution in [3.63, 3.8) is 0 Å². The van der Waals surface area contributed by atoms with Gasteiger partial charge in [-0.15, -0.1) is 0 Å². The fourth-order valence-corrected chi connectivity index (χ4v) is 4.72. The Morgan fingerprint density at radius 3 is 1.59 bits per heavy atom. The van der Waals surface area contributed by atoms with Gasteiger partial charge in [-0.2, -0.15) is 17.2 Å². The van der Waals surface area contributed by atoms with Crippen LogP contribution >= 0.6 is 0 Å². The van der Waals surface area contributed by atoms with E-state index in [1.807, 2.05) is 0 Å². The van der Waals surface area contributed by atoms with E-state index in [0.717, 1.165) is 0 Å². The lowest BCUT2D eigenvalue weighted by Gasteiger charge is -2.48. The zero-order valence-electron chi connectivity index (χ0n) is 20.6. The summed E-state index contributed by atoms with van der Waals surface area (Å²) < 4.78 is 67.5. The molecule has 0 aromatic carbocycles. The smallest absolute Gasteiger partial charge is 0.390 e. The maximum Gasteiger partial charge on any atom is 0.398 e. The minimum absolute atomic E-state index is 0.362. The van der Waals surface area contributed by atoms with E-state index in [2.05, 4.69) is 4.18 Å². The van der Waals surface area contributed by atoms with Crippen LogP contribution in [0.15, 0.2) is 0 Å². The van der Waals surface area contributed by atoms with Crippen molar-refractivity contribution >= 4 is 32.7 Å². The lowest BCUT2D eigenvalue weighted by atomic mass is 10.0. The predicted octanol–water partition coefficient (Wildman–Crippen LogP) is 2.54. The molecule has 32 heavy (non-hydrogen) atoms. The van der Waals surface area contributed by atoms with Gasteiger partial charge in [0.05, 0.1) is 6.26 Å². The van der Waals surface area contributed by atoms with Crippen LogP contribution < -0.4 is 0 Å². The molecule has 0 aromatic rings. The first-order valence-electron chi connectivity index (χ1n) is 9.90. The number of aliphatic hydroxyl groups is 3. The van der Waals surface area contributed by atoms with Crippen LogP contribution in [-0.2, 0) is 27.9 Å². The highest BCUT2D eigenvalue weighted by Crippen LogP contribution is 2.45. The summed E-state index contributed by atoms with van der Waals surface area (Å²) in [5, 5.41) is 30.7. The topological polar surface area (TPSA) is 140 Å². The van der Waals surface area contributed by atoms with E-state index < -0.39 is 66.9 Å². The maximum atomic E-state index is 15.2. The van der Waals surface area contributed by atoms with Crippen molar-refractivity contribution in [2.45, 2.75) is 102 Å². The zero-order chi connectivity index (χ0) is 26.4. The van der Waals surface area contributed by atoms with E-state index >= 15 is 8.78 Å². The minimum atomic E-state index is -5.09. The van der Waals surface area contributed by atoms with Crippen LogP contribution in [0.4, 0.5) is 8.78 Å². The largest absolute Gasteiger partial charge is 0.398 e. The van der Waals surface area contributed by atoms with Crippen molar-refractivity contribution in [2.75, 3.05) is 6.26 Å². The van der Waals surface area contributed by atoms with Gasteiger partial charge in [0.1, 0.15) is 0 Å². The SMILES string of the molecule is CC(C)(C)[Si](C)(C)OC(O)[C@@H](O)[C@](O)(O[Si](C)(C)C(C)(C)C)C(F)(F)C(=O)OS(C)(=O)=O. The molecule has 0 heterocycles. The molecule has 0 spiro atoms. The van der Waals surface area contributed by atoms with E-state index in [4.69, 9.17) is 8.85 Å². The van der Waals surface area contributed by atoms with Gasteiger partial charge in [-0.3, -0.25) is 0 Å². The summed E-state index contributed by atoms with van der Waals surface area (Å²) in [5.41, 5.74) is 0. The second-order valence-electron chi connectivity index (χ2n) is 10.9. The summed E-state index contributed by atoms with van der Waals surface area (Å²) in [4.78, 5) is 12.0. The highest BCUT2D eigenvalue weighted by atomic mass is 32.2. The summed E-state index contributed by atoms with van der Waals surface area (Å²) in [6, 6.07) is 0. The molecule has 3 atom stereocenters. The van der Waals surface area contributed by atoms with Crippen LogP contribution in [0, 0.1) is 0 Å². The second kappa shape index (κ2) is 9.28. The van der Waals surface area contributed by atoms with Crippen LogP contribution in [0.25, 0.3) is 0 Å². The molecular weight excluding hydrogens is 486 g/mol. The Balaban J connectivity index is 6.54. The normalized spacial score (nSPS) is 18.6.